The van der Waals surface area contributed by atoms with Gasteiger partial charge in [-0.05, 0) is 12.5 Å². The standard InChI is InChI=1S/C18H24N.ClH/c1-4-19(2,3)18(17-13-9-6-10-14-17)15-16-11-7-5-8-12-16;/h5-14,18H,4,15H2,1-3H3;1H/q+1;/p-1. The summed E-state index contributed by atoms with van der Waals surface area (Å²) < 4.78 is 1.01. The highest BCUT2D eigenvalue weighted by molar-refractivity contribution is 5.22. The lowest BCUT2D eigenvalue weighted by atomic mass is 9.96. The zero-order valence-electron chi connectivity index (χ0n) is 12.6. The summed E-state index contributed by atoms with van der Waals surface area (Å²) in [5.74, 6) is 0. The molecule has 0 fully saturated rings. The van der Waals surface area contributed by atoms with Crippen LogP contribution in [0.5, 0.6) is 0 Å². The molecule has 0 saturated carbocycles. The first-order valence-electron chi connectivity index (χ1n) is 7.05. The second kappa shape index (κ2) is 7.47. The summed E-state index contributed by atoms with van der Waals surface area (Å²) in [6.45, 7) is 3.40. The van der Waals surface area contributed by atoms with Gasteiger partial charge < -0.3 is 16.9 Å². The second-order valence-electron chi connectivity index (χ2n) is 5.71. The van der Waals surface area contributed by atoms with Gasteiger partial charge in [0.1, 0.15) is 6.04 Å². The maximum absolute atomic E-state index is 2.32. The molecule has 0 aliphatic carbocycles. The van der Waals surface area contributed by atoms with Crippen molar-refractivity contribution < 1.29 is 16.9 Å². The molecule has 108 valence electrons. The zero-order valence-corrected chi connectivity index (χ0v) is 13.3. The number of hydrogen-bond acceptors (Lipinski definition) is 0. The molecule has 2 rings (SSSR count). The number of hydrogen-bond donors (Lipinski definition) is 0. The Morgan fingerprint density at radius 2 is 1.35 bits per heavy atom. The molecule has 0 saturated heterocycles. The highest BCUT2D eigenvalue weighted by atomic mass is 35.5. The lowest BCUT2D eigenvalue weighted by molar-refractivity contribution is -0.919. The molecule has 0 heterocycles. The van der Waals surface area contributed by atoms with Crippen LogP contribution in [0.15, 0.2) is 60.7 Å². The normalized spacial score (nSPS) is 12.6. The van der Waals surface area contributed by atoms with Crippen molar-refractivity contribution in [2.24, 2.45) is 0 Å². The Hall–Kier alpha value is -1.31. The average molecular weight is 290 g/mol. The van der Waals surface area contributed by atoms with Crippen LogP contribution in [0.25, 0.3) is 0 Å². The maximum Gasteiger partial charge on any atom is 0.118 e. The van der Waals surface area contributed by atoms with Crippen LogP contribution >= 0.6 is 0 Å². The lowest BCUT2D eigenvalue weighted by Gasteiger charge is -2.37. The summed E-state index contributed by atoms with van der Waals surface area (Å²) in [6.07, 6.45) is 1.09. The fourth-order valence-corrected chi connectivity index (χ4v) is 2.50. The average Bonchev–Trinajstić information content (AvgIpc) is 2.46. The molecular formula is C18H24ClN. The minimum Gasteiger partial charge on any atom is -1.00 e. The summed E-state index contributed by atoms with van der Waals surface area (Å²) in [6, 6.07) is 22.2. The number of nitrogens with zero attached hydrogens (tertiary/aromatic N) is 1. The van der Waals surface area contributed by atoms with Crippen molar-refractivity contribution >= 4 is 0 Å². The van der Waals surface area contributed by atoms with Crippen molar-refractivity contribution in [3.63, 3.8) is 0 Å². The van der Waals surface area contributed by atoms with Gasteiger partial charge in [-0.15, -0.1) is 0 Å². The maximum atomic E-state index is 2.32. The van der Waals surface area contributed by atoms with Crippen LogP contribution in [0.4, 0.5) is 0 Å². The minimum atomic E-state index is 0. The molecule has 0 N–H and O–H groups in total. The van der Waals surface area contributed by atoms with Crippen molar-refractivity contribution in [1.29, 1.82) is 0 Å². The van der Waals surface area contributed by atoms with Gasteiger partial charge in [-0.3, -0.25) is 0 Å². The zero-order chi connectivity index (χ0) is 13.7. The Kier molecular flexibility index (Phi) is 6.25. The molecule has 0 spiro atoms. The summed E-state index contributed by atoms with van der Waals surface area (Å²) in [5, 5.41) is 0. The SMILES string of the molecule is CC[N+](C)(C)C(Cc1ccccc1)c1ccccc1.[Cl-]. The third-order valence-corrected chi connectivity index (χ3v) is 4.11. The molecule has 1 nitrogen and oxygen atoms in total. The van der Waals surface area contributed by atoms with Gasteiger partial charge in [0.15, 0.2) is 0 Å². The van der Waals surface area contributed by atoms with E-state index in [1.165, 1.54) is 11.1 Å². The first kappa shape index (κ1) is 16.7. The van der Waals surface area contributed by atoms with E-state index in [1.54, 1.807) is 0 Å². The van der Waals surface area contributed by atoms with Gasteiger partial charge in [-0.25, -0.2) is 0 Å². The van der Waals surface area contributed by atoms with Crippen molar-refractivity contribution in [2.45, 2.75) is 19.4 Å². The third-order valence-electron chi connectivity index (χ3n) is 4.11. The molecular weight excluding hydrogens is 266 g/mol. The third kappa shape index (κ3) is 4.09. The number of benzene rings is 2. The Balaban J connectivity index is 0.00000200. The molecule has 1 unspecified atom stereocenters. The highest BCUT2D eigenvalue weighted by Gasteiger charge is 2.28. The number of likely N-dealkylation sites (N-methyl/N-ethyl adjacent to an activating group) is 1. The van der Waals surface area contributed by atoms with E-state index in [4.69, 9.17) is 0 Å². The van der Waals surface area contributed by atoms with Crippen LogP contribution in [0, 0.1) is 0 Å². The summed E-state index contributed by atoms with van der Waals surface area (Å²) in [4.78, 5) is 0. The number of rotatable bonds is 5. The van der Waals surface area contributed by atoms with E-state index in [2.05, 4.69) is 81.7 Å². The first-order chi connectivity index (χ1) is 9.13. The monoisotopic (exact) mass is 289 g/mol. The van der Waals surface area contributed by atoms with Gasteiger partial charge in [-0.1, -0.05) is 60.7 Å². The van der Waals surface area contributed by atoms with Crippen molar-refractivity contribution in [3.05, 3.63) is 71.8 Å². The molecule has 20 heavy (non-hydrogen) atoms. The number of quaternary nitrogens is 1. The fourth-order valence-electron chi connectivity index (χ4n) is 2.50. The molecule has 0 aliphatic heterocycles. The summed E-state index contributed by atoms with van der Waals surface area (Å²) in [7, 11) is 4.64. The van der Waals surface area contributed by atoms with E-state index in [9.17, 15) is 0 Å². The topological polar surface area (TPSA) is 0 Å². The van der Waals surface area contributed by atoms with Crippen LogP contribution in [0.1, 0.15) is 24.1 Å². The van der Waals surface area contributed by atoms with Gasteiger partial charge in [0.05, 0.1) is 20.6 Å². The lowest BCUT2D eigenvalue weighted by Crippen LogP contribution is -3.00. The predicted octanol–water partition coefficient (Wildman–Crippen LogP) is 1.07. The van der Waals surface area contributed by atoms with Gasteiger partial charge in [0.25, 0.3) is 0 Å². The van der Waals surface area contributed by atoms with Crippen LogP contribution in [0.2, 0.25) is 0 Å². The molecule has 2 aromatic carbocycles. The van der Waals surface area contributed by atoms with Crippen molar-refractivity contribution in [3.8, 4) is 0 Å². The van der Waals surface area contributed by atoms with Gasteiger partial charge in [0.2, 0.25) is 0 Å². The predicted molar refractivity (Wildman–Crippen MR) is 82.0 cm³/mol. The molecule has 0 bridgehead atoms. The minimum absolute atomic E-state index is 0. The second-order valence-corrected chi connectivity index (χ2v) is 5.71. The summed E-state index contributed by atoms with van der Waals surface area (Å²) in [5.41, 5.74) is 2.84. The van der Waals surface area contributed by atoms with E-state index in [-0.39, 0.29) is 12.4 Å². The molecule has 0 aromatic heterocycles. The van der Waals surface area contributed by atoms with Crippen LogP contribution in [-0.2, 0) is 6.42 Å². The van der Waals surface area contributed by atoms with Crippen LogP contribution < -0.4 is 12.4 Å². The van der Waals surface area contributed by atoms with Crippen molar-refractivity contribution in [1.82, 2.24) is 0 Å². The van der Waals surface area contributed by atoms with E-state index in [0.717, 1.165) is 17.4 Å². The Labute approximate surface area is 129 Å². The van der Waals surface area contributed by atoms with Crippen LogP contribution in [-0.4, -0.2) is 25.1 Å². The molecule has 2 aromatic rings. The number of halogens is 1. The Morgan fingerprint density at radius 3 is 1.85 bits per heavy atom. The molecule has 0 aliphatic rings. The van der Waals surface area contributed by atoms with E-state index in [1.807, 2.05) is 0 Å². The van der Waals surface area contributed by atoms with Crippen LogP contribution in [0.3, 0.4) is 0 Å². The highest BCUT2D eigenvalue weighted by Crippen LogP contribution is 2.28. The Bertz CT molecular complexity index is 493. The molecule has 2 heteroatoms. The fraction of sp³-hybridized carbons (Fsp3) is 0.333. The van der Waals surface area contributed by atoms with Gasteiger partial charge >= 0.3 is 0 Å². The Morgan fingerprint density at radius 1 is 0.850 bits per heavy atom. The van der Waals surface area contributed by atoms with Crippen molar-refractivity contribution in [2.75, 3.05) is 20.6 Å². The van der Waals surface area contributed by atoms with E-state index >= 15 is 0 Å². The molecule has 0 radical (unpaired) electrons. The molecule has 1 atom stereocenters. The van der Waals surface area contributed by atoms with Gasteiger partial charge in [0, 0.05) is 12.0 Å². The van der Waals surface area contributed by atoms with E-state index < -0.39 is 0 Å². The quantitative estimate of drug-likeness (QED) is 0.723. The van der Waals surface area contributed by atoms with E-state index in [0.29, 0.717) is 6.04 Å². The summed E-state index contributed by atoms with van der Waals surface area (Å²) >= 11 is 0. The van der Waals surface area contributed by atoms with Gasteiger partial charge in [-0.2, -0.15) is 0 Å². The molecule has 0 amide bonds. The smallest absolute Gasteiger partial charge is 0.118 e. The first-order valence-corrected chi connectivity index (χ1v) is 7.05. The largest absolute Gasteiger partial charge is 1.00 e.